The van der Waals surface area contributed by atoms with Gasteiger partial charge in [-0.2, -0.15) is 0 Å². The van der Waals surface area contributed by atoms with Crippen LogP contribution in [0.1, 0.15) is 18.9 Å². The molecule has 1 heterocycles. The summed E-state index contributed by atoms with van der Waals surface area (Å²) in [6.45, 7) is 2.37. The van der Waals surface area contributed by atoms with Gasteiger partial charge in [-0.15, -0.1) is 0 Å². The van der Waals surface area contributed by atoms with Crippen molar-refractivity contribution in [2.24, 2.45) is 0 Å². The third-order valence-corrected chi connectivity index (χ3v) is 3.06. The number of carbonyl (C=O) groups excluding carboxylic acids is 2. The van der Waals surface area contributed by atoms with E-state index in [1.54, 1.807) is 6.08 Å². The Labute approximate surface area is 114 Å². The second-order valence-corrected chi connectivity index (χ2v) is 4.92. The highest BCUT2D eigenvalue weighted by atomic mass is 79.9. The maximum atomic E-state index is 12.0. The van der Waals surface area contributed by atoms with Crippen molar-refractivity contribution in [1.82, 2.24) is 10.2 Å². The normalized spacial score (nSPS) is 17.4. The zero-order valence-corrected chi connectivity index (χ0v) is 11.5. The number of nitrogens with one attached hydrogen (secondary N) is 1. The van der Waals surface area contributed by atoms with Gasteiger partial charge in [0, 0.05) is 11.0 Å². The van der Waals surface area contributed by atoms with E-state index in [1.807, 2.05) is 31.2 Å². The Morgan fingerprint density at radius 3 is 2.83 bits per heavy atom. The zero-order valence-electron chi connectivity index (χ0n) is 9.94. The van der Waals surface area contributed by atoms with Crippen LogP contribution >= 0.6 is 15.9 Å². The molecule has 0 atom stereocenters. The Balaban J connectivity index is 2.25. The zero-order chi connectivity index (χ0) is 13.1. The first-order chi connectivity index (χ1) is 8.61. The number of halogens is 1. The molecule has 0 spiro atoms. The van der Waals surface area contributed by atoms with Crippen molar-refractivity contribution in [2.75, 3.05) is 6.54 Å². The average Bonchev–Trinajstić information content (AvgIpc) is 2.57. The minimum atomic E-state index is -0.344. The first-order valence-corrected chi connectivity index (χ1v) is 6.51. The van der Waals surface area contributed by atoms with Gasteiger partial charge in [0.25, 0.3) is 5.91 Å². The third-order valence-electron chi connectivity index (χ3n) is 2.57. The molecule has 1 aromatic rings. The van der Waals surface area contributed by atoms with Crippen LogP contribution in [0.4, 0.5) is 4.79 Å². The van der Waals surface area contributed by atoms with Crippen LogP contribution < -0.4 is 5.32 Å². The summed E-state index contributed by atoms with van der Waals surface area (Å²) >= 11 is 3.36. The molecule has 1 aliphatic heterocycles. The fourth-order valence-corrected chi connectivity index (χ4v) is 2.18. The Bertz CT molecular complexity index is 525. The Kier molecular flexibility index (Phi) is 3.81. The summed E-state index contributed by atoms with van der Waals surface area (Å²) in [5.74, 6) is -0.262. The Hall–Kier alpha value is -1.62. The lowest BCUT2D eigenvalue weighted by molar-refractivity contribution is -0.122. The van der Waals surface area contributed by atoms with Crippen molar-refractivity contribution in [1.29, 1.82) is 0 Å². The molecule has 0 radical (unpaired) electrons. The van der Waals surface area contributed by atoms with Crippen LogP contribution in [-0.2, 0) is 4.79 Å². The molecule has 3 amide bonds. The van der Waals surface area contributed by atoms with Crippen molar-refractivity contribution >= 4 is 33.9 Å². The van der Waals surface area contributed by atoms with Crippen LogP contribution in [0.15, 0.2) is 34.4 Å². The van der Waals surface area contributed by atoms with E-state index in [2.05, 4.69) is 21.2 Å². The predicted octanol–water partition coefficient (Wildman–Crippen LogP) is 2.75. The van der Waals surface area contributed by atoms with E-state index in [9.17, 15) is 9.59 Å². The number of nitrogens with zero attached hydrogens (tertiary/aromatic N) is 1. The monoisotopic (exact) mass is 308 g/mol. The Morgan fingerprint density at radius 1 is 1.39 bits per heavy atom. The second kappa shape index (κ2) is 5.35. The van der Waals surface area contributed by atoms with Crippen LogP contribution in [-0.4, -0.2) is 23.4 Å². The van der Waals surface area contributed by atoms with E-state index >= 15 is 0 Å². The molecule has 2 rings (SSSR count). The fraction of sp³-hybridized carbons (Fsp3) is 0.231. The summed E-state index contributed by atoms with van der Waals surface area (Å²) in [5.41, 5.74) is 1.19. The van der Waals surface area contributed by atoms with Crippen LogP contribution in [0.5, 0.6) is 0 Å². The molecule has 1 N–H and O–H groups in total. The summed E-state index contributed by atoms with van der Waals surface area (Å²) in [6.07, 6.45) is 2.43. The topological polar surface area (TPSA) is 49.4 Å². The predicted molar refractivity (Wildman–Crippen MR) is 72.7 cm³/mol. The number of hydrogen-bond donors (Lipinski definition) is 1. The molecule has 1 aromatic carbocycles. The molecular weight excluding hydrogens is 296 g/mol. The first-order valence-electron chi connectivity index (χ1n) is 5.72. The number of rotatable bonds is 3. The molecular formula is C13H13BrN2O2. The fourth-order valence-electron chi connectivity index (χ4n) is 1.76. The van der Waals surface area contributed by atoms with Crippen LogP contribution in [0.2, 0.25) is 0 Å². The van der Waals surface area contributed by atoms with Gasteiger partial charge < -0.3 is 5.32 Å². The minimum absolute atomic E-state index is 0.262. The highest BCUT2D eigenvalue weighted by molar-refractivity contribution is 9.10. The smallest absolute Gasteiger partial charge is 0.303 e. The quantitative estimate of drug-likeness (QED) is 0.689. The molecule has 18 heavy (non-hydrogen) atoms. The molecule has 0 aromatic heterocycles. The van der Waals surface area contributed by atoms with Gasteiger partial charge in [0.1, 0.15) is 5.70 Å². The average molecular weight is 309 g/mol. The van der Waals surface area contributed by atoms with Crippen LogP contribution in [0, 0.1) is 0 Å². The molecule has 0 unspecified atom stereocenters. The van der Waals surface area contributed by atoms with Gasteiger partial charge in [0.15, 0.2) is 0 Å². The first kappa shape index (κ1) is 12.8. The summed E-state index contributed by atoms with van der Waals surface area (Å²) < 4.78 is 0.930. The van der Waals surface area contributed by atoms with Crippen LogP contribution in [0.3, 0.4) is 0 Å². The number of benzene rings is 1. The van der Waals surface area contributed by atoms with E-state index in [-0.39, 0.29) is 11.9 Å². The van der Waals surface area contributed by atoms with Crippen molar-refractivity contribution in [3.8, 4) is 0 Å². The summed E-state index contributed by atoms with van der Waals surface area (Å²) in [5, 5.41) is 2.59. The SMILES string of the molecule is CCCN1C(=O)N/C(=C/c2cccc(Br)c2)C1=O. The van der Waals surface area contributed by atoms with Crippen molar-refractivity contribution in [2.45, 2.75) is 13.3 Å². The van der Waals surface area contributed by atoms with E-state index < -0.39 is 0 Å². The molecule has 94 valence electrons. The highest BCUT2D eigenvalue weighted by Crippen LogP contribution is 2.17. The van der Waals surface area contributed by atoms with Gasteiger partial charge in [0.2, 0.25) is 0 Å². The largest absolute Gasteiger partial charge is 0.329 e. The number of imide groups is 1. The highest BCUT2D eigenvalue weighted by Gasteiger charge is 2.32. The summed E-state index contributed by atoms with van der Waals surface area (Å²) in [6, 6.07) is 7.19. The van der Waals surface area contributed by atoms with Crippen molar-refractivity contribution < 1.29 is 9.59 Å². The molecule has 1 fully saturated rings. The van der Waals surface area contributed by atoms with E-state index in [0.717, 1.165) is 16.5 Å². The minimum Gasteiger partial charge on any atom is -0.303 e. The van der Waals surface area contributed by atoms with E-state index in [0.29, 0.717) is 12.2 Å². The summed E-state index contributed by atoms with van der Waals surface area (Å²) in [4.78, 5) is 24.8. The number of amides is 3. The molecule has 0 saturated carbocycles. The summed E-state index contributed by atoms with van der Waals surface area (Å²) in [7, 11) is 0. The second-order valence-electron chi connectivity index (χ2n) is 4.00. The number of urea groups is 1. The molecule has 0 aliphatic carbocycles. The van der Waals surface area contributed by atoms with Gasteiger partial charge in [-0.05, 0) is 30.2 Å². The molecule has 4 nitrogen and oxygen atoms in total. The lowest BCUT2D eigenvalue weighted by Gasteiger charge is -2.08. The molecule has 1 saturated heterocycles. The lowest BCUT2D eigenvalue weighted by atomic mass is 10.2. The molecule has 1 aliphatic rings. The van der Waals surface area contributed by atoms with Gasteiger partial charge in [-0.3, -0.25) is 9.69 Å². The number of carbonyl (C=O) groups is 2. The van der Waals surface area contributed by atoms with Gasteiger partial charge in [-0.25, -0.2) is 4.79 Å². The lowest BCUT2D eigenvalue weighted by Crippen LogP contribution is -2.31. The maximum Gasteiger partial charge on any atom is 0.329 e. The van der Waals surface area contributed by atoms with Gasteiger partial charge >= 0.3 is 6.03 Å². The third kappa shape index (κ3) is 2.61. The van der Waals surface area contributed by atoms with Gasteiger partial charge in [0.05, 0.1) is 0 Å². The maximum absolute atomic E-state index is 12.0. The van der Waals surface area contributed by atoms with Crippen molar-refractivity contribution in [3.63, 3.8) is 0 Å². The van der Waals surface area contributed by atoms with E-state index in [4.69, 9.17) is 0 Å². The Morgan fingerprint density at radius 2 is 2.17 bits per heavy atom. The van der Waals surface area contributed by atoms with Crippen molar-refractivity contribution in [3.05, 3.63) is 40.0 Å². The van der Waals surface area contributed by atoms with Gasteiger partial charge in [-0.1, -0.05) is 35.0 Å². The molecule has 0 bridgehead atoms. The van der Waals surface area contributed by atoms with Crippen LogP contribution in [0.25, 0.3) is 6.08 Å². The molecule has 5 heteroatoms. The standard InChI is InChI=1S/C13H13BrN2O2/c1-2-6-16-12(17)11(15-13(16)18)8-9-4-3-5-10(14)7-9/h3-5,7-8H,2,6H2,1H3,(H,15,18)/b11-8+. The van der Waals surface area contributed by atoms with E-state index in [1.165, 1.54) is 4.90 Å². The number of hydrogen-bond acceptors (Lipinski definition) is 2.